The van der Waals surface area contributed by atoms with Crippen LogP contribution in [0.1, 0.15) is 26.2 Å². The topological polar surface area (TPSA) is 51.1 Å². The van der Waals surface area contributed by atoms with E-state index in [0.29, 0.717) is 6.54 Å². The number of fused-ring (bicyclic) bond motifs is 1. The third kappa shape index (κ3) is 2.07. The predicted molar refractivity (Wildman–Crippen MR) is 69.3 cm³/mol. The zero-order chi connectivity index (χ0) is 12.7. The molecule has 0 radical (unpaired) electrons. The summed E-state index contributed by atoms with van der Waals surface area (Å²) in [6.45, 7) is 2.54. The van der Waals surface area contributed by atoms with Gasteiger partial charge >= 0.3 is 0 Å². The summed E-state index contributed by atoms with van der Waals surface area (Å²) >= 11 is 0. The Bertz CT molecular complexity index is 525. The number of carbonyl (C=O) groups excluding carboxylic acids is 1. The fourth-order valence-electron chi connectivity index (χ4n) is 3.03. The summed E-state index contributed by atoms with van der Waals surface area (Å²) in [5.41, 5.74) is 0.694. The smallest absolute Gasteiger partial charge is 0.250 e. The molecule has 4 heteroatoms. The number of nitrogens with one attached hydrogen (secondary N) is 1. The van der Waals surface area contributed by atoms with Crippen LogP contribution in [0.15, 0.2) is 23.1 Å². The molecule has 0 bridgehead atoms. The quantitative estimate of drug-likeness (QED) is 0.885. The molecule has 1 aromatic heterocycles. The third-order valence-corrected chi connectivity index (χ3v) is 4.21. The van der Waals surface area contributed by atoms with E-state index >= 15 is 0 Å². The summed E-state index contributed by atoms with van der Waals surface area (Å²) in [4.78, 5) is 23.5. The number of amides is 1. The van der Waals surface area contributed by atoms with Gasteiger partial charge in [-0.1, -0.05) is 0 Å². The molecule has 0 saturated heterocycles. The molecule has 1 N–H and O–H groups in total. The molecule has 0 aliphatic heterocycles. The van der Waals surface area contributed by atoms with E-state index in [4.69, 9.17) is 0 Å². The molecule has 4 nitrogen and oxygen atoms in total. The SMILES string of the molecule is CCn1cc(NC(=O)C2CC3CC3C2)ccc1=O. The first-order valence-corrected chi connectivity index (χ1v) is 6.68. The Morgan fingerprint density at radius 1 is 1.33 bits per heavy atom. The van der Waals surface area contributed by atoms with Crippen molar-refractivity contribution in [3.63, 3.8) is 0 Å². The van der Waals surface area contributed by atoms with Gasteiger partial charge < -0.3 is 9.88 Å². The highest BCUT2D eigenvalue weighted by molar-refractivity contribution is 5.92. The molecule has 0 spiro atoms. The average molecular weight is 246 g/mol. The second kappa shape index (κ2) is 4.26. The lowest BCUT2D eigenvalue weighted by molar-refractivity contribution is -0.120. The average Bonchev–Trinajstić information content (AvgIpc) is 2.98. The first-order valence-electron chi connectivity index (χ1n) is 6.68. The molecule has 2 aliphatic rings. The molecule has 96 valence electrons. The number of hydrogen-bond acceptors (Lipinski definition) is 2. The molecule has 1 heterocycles. The van der Waals surface area contributed by atoms with Crippen LogP contribution in [0, 0.1) is 17.8 Å². The van der Waals surface area contributed by atoms with Gasteiger partial charge in [-0.15, -0.1) is 0 Å². The van der Waals surface area contributed by atoms with E-state index in [9.17, 15) is 9.59 Å². The number of hydrogen-bond donors (Lipinski definition) is 1. The Labute approximate surface area is 106 Å². The summed E-state index contributed by atoms with van der Waals surface area (Å²) in [5.74, 6) is 1.91. The Morgan fingerprint density at radius 2 is 2.06 bits per heavy atom. The highest BCUT2D eigenvalue weighted by atomic mass is 16.2. The Hall–Kier alpha value is -1.58. The second-order valence-corrected chi connectivity index (χ2v) is 5.46. The number of rotatable bonds is 3. The number of nitrogens with zero attached hydrogens (tertiary/aromatic N) is 1. The van der Waals surface area contributed by atoms with Crippen molar-refractivity contribution in [1.29, 1.82) is 0 Å². The number of pyridine rings is 1. The minimum Gasteiger partial charge on any atom is -0.325 e. The van der Waals surface area contributed by atoms with E-state index in [0.717, 1.165) is 30.4 Å². The van der Waals surface area contributed by atoms with Crippen LogP contribution in [0.4, 0.5) is 5.69 Å². The highest BCUT2D eigenvalue weighted by Gasteiger charge is 2.47. The van der Waals surface area contributed by atoms with Crippen LogP contribution >= 0.6 is 0 Å². The van der Waals surface area contributed by atoms with Gasteiger partial charge in [0.1, 0.15) is 0 Å². The first kappa shape index (κ1) is 11.5. The fourth-order valence-corrected chi connectivity index (χ4v) is 3.03. The maximum Gasteiger partial charge on any atom is 0.250 e. The number of anilines is 1. The summed E-state index contributed by atoms with van der Waals surface area (Å²) in [7, 11) is 0. The molecule has 2 atom stereocenters. The lowest BCUT2D eigenvalue weighted by Gasteiger charge is -2.13. The van der Waals surface area contributed by atoms with E-state index in [1.807, 2.05) is 6.92 Å². The largest absolute Gasteiger partial charge is 0.325 e. The summed E-state index contributed by atoms with van der Waals surface area (Å²) in [5, 5.41) is 2.93. The van der Waals surface area contributed by atoms with Crippen LogP contribution in [0.25, 0.3) is 0 Å². The Morgan fingerprint density at radius 3 is 2.72 bits per heavy atom. The maximum atomic E-state index is 12.1. The van der Waals surface area contributed by atoms with Gasteiger partial charge in [-0.2, -0.15) is 0 Å². The van der Waals surface area contributed by atoms with Crippen LogP contribution in [0.3, 0.4) is 0 Å². The van der Waals surface area contributed by atoms with E-state index in [2.05, 4.69) is 5.32 Å². The Balaban J connectivity index is 1.68. The number of carbonyl (C=O) groups is 1. The Kier molecular flexibility index (Phi) is 2.73. The molecule has 3 rings (SSSR count). The van der Waals surface area contributed by atoms with Crippen LogP contribution in [0.5, 0.6) is 0 Å². The van der Waals surface area contributed by atoms with E-state index in [-0.39, 0.29) is 17.4 Å². The first-order chi connectivity index (χ1) is 8.67. The van der Waals surface area contributed by atoms with Gasteiger partial charge in [0.25, 0.3) is 5.56 Å². The van der Waals surface area contributed by atoms with Crippen LogP contribution < -0.4 is 10.9 Å². The molecule has 2 fully saturated rings. The van der Waals surface area contributed by atoms with E-state index < -0.39 is 0 Å². The molecule has 2 unspecified atom stereocenters. The molecule has 18 heavy (non-hydrogen) atoms. The van der Waals surface area contributed by atoms with Gasteiger partial charge in [0.05, 0.1) is 5.69 Å². The van der Waals surface area contributed by atoms with Gasteiger partial charge in [-0.25, -0.2) is 0 Å². The monoisotopic (exact) mass is 246 g/mol. The minimum absolute atomic E-state index is 0.0300. The van der Waals surface area contributed by atoms with Crippen molar-refractivity contribution in [3.8, 4) is 0 Å². The lowest BCUT2D eigenvalue weighted by Crippen LogP contribution is -2.24. The molecule has 1 amide bonds. The number of aromatic nitrogens is 1. The van der Waals surface area contributed by atoms with Gasteiger partial charge in [0.15, 0.2) is 0 Å². The van der Waals surface area contributed by atoms with Gasteiger partial charge in [0.2, 0.25) is 5.91 Å². The van der Waals surface area contributed by atoms with Crippen molar-refractivity contribution in [2.24, 2.45) is 17.8 Å². The molecule has 0 aromatic carbocycles. The van der Waals surface area contributed by atoms with E-state index in [1.165, 1.54) is 12.5 Å². The zero-order valence-corrected chi connectivity index (χ0v) is 10.6. The van der Waals surface area contributed by atoms with E-state index in [1.54, 1.807) is 16.8 Å². The van der Waals surface area contributed by atoms with Crippen LogP contribution in [-0.2, 0) is 11.3 Å². The highest BCUT2D eigenvalue weighted by Crippen LogP contribution is 2.54. The normalized spacial score (nSPS) is 28.8. The standard InChI is InChI=1S/C14H18N2O2/c1-2-16-8-12(3-4-13(16)17)15-14(18)11-6-9-5-10(9)7-11/h3-4,8-11H,2,5-7H2,1H3,(H,15,18). The zero-order valence-electron chi connectivity index (χ0n) is 10.6. The van der Waals surface area contributed by atoms with Crippen molar-refractivity contribution in [2.45, 2.75) is 32.7 Å². The maximum absolute atomic E-state index is 12.1. The second-order valence-electron chi connectivity index (χ2n) is 5.46. The summed E-state index contributed by atoms with van der Waals surface area (Å²) in [6.07, 6.45) is 5.13. The molecule has 2 aliphatic carbocycles. The van der Waals surface area contributed by atoms with Crippen LogP contribution in [-0.4, -0.2) is 10.5 Å². The van der Waals surface area contributed by atoms with Gasteiger partial charge in [-0.3, -0.25) is 9.59 Å². The molecular formula is C14H18N2O2. The predicted octanol–water partition coefficient (Wildman–Crippen LogP) is 1.85. The summed E-state index contributed by atoms with van der Waals surface area (Å²) in [6, 6.07) is 3.19. The number of aryl methyl sites for hydroxylation is 1. The van der Waals surface area contributed by atoms with Crippen molar-refractivity contribution in [1.82, 2.24) is 4.57 Å². The van der Waals surface area contributed by atoms with Crippen molar-refractivity contribution in [3.05, 3.63) is 28.7 Å². The third-order valence-electron chi connectivity index (χ3n) is 4.21. The molecule has 1 aromatic rings. The van der Waals surface area contributed by atoms with Crippen molar-refractivity contribution in [2.75, 3.05) is 5.32 Å². The van der Waals surface area contributed by atoms with Crippen molar-refractivity contribution >= 4 is 11.6 Å². The molecule has 2 saturated carbocycles. The lowest BCUT2D eigenvalue weighted by atomic mass is 10.0. The van der Waals surface area contributed by atoms with Gasteiger partial charge in [-0.05, 0) is 44.1 Å². The van der Waals surface area contributed by atoms with Gasteiger partial charge in [0, 0.05) is 24.7 Å². The fraction of sp³-hybridized carbons (Fsp3) is 0.571. The molecular weight excluding hydrogens is 228 g/mol. The summed E-state index contributed by atoms with van der Waals surface area (Å²) < 4.78 is 1.60. The minimum atomic E-state index is -0.0300. The van der Waals surface area contributed by atoms with Crippen LogP contribution in [0.2, 0.25) is 0 Å². The van der Waals surface area contributed by atoms with Crippen molar-refractivity contribution < 1.29 is 4.79 Å².